The molecule has 2 aromatic heterocycles. The lowest BCUT2D eigenvalue weighted by molar-refractivity contribution is 0.781. The molecule has 84 valence electrons. The molecule has 2 aromatic rings. The van der Waals surface area contributed by atoms with Gasteiger partial charge in [0.2, 0.25) is 0 Å². The molecular weight excluding hydrogens is 224 g/mol. The summed E-state index contributed by atoms with van der Waals surface area (Å²) < 4.78 is 1.76. The molecule has 2 rings (SSSR count). The highest BCUT2D eigenvalue weighted by atomic mass is 35.5. The molecule has 0 spiro atoms. The summed E-state index contributed by atoms with van der Waals surface area (Å²) >= 11 is 5.99. The largest absolute Gasteiger partial charge is 0.316 e. The van der Waals surface area contributed by atoms with Crippen molar-refractivity contribution in [3.05, 3.63) is 40.9 Å². The Balaban J connectivity index is 2.46. The van der Waals surface area contributed by atoms with Gasteiger partial charge in [-0.15, -0.1) is 0 Å². The molecule has 0 aliphatic rings. The van der Waals surface area contributed by atoms with Crippen LogP contribution in [0.3, 0.4) is 0 Å². The van der Waals surface area contributed by atoms with E-state index in [0.717, 1.165) is 23.5 Å². The Kier molecular flexibility index (Phi) is 3.22. The molecule has 0 saturated heterocycles. The smallest absolute Gasteiger partial charge is 0.0874 e. The van der Waals surface area contributed by atoms with Crippen molar-refractivity contribution in [2.75, 3.05) is 7.05 Å². The predicted molar refractivity (Wildman–Crippen MR) is 63.9 cm³/mol. The highest BCUT2D eigenvalue weighted by Gasteiger charge is 2.07. The maximum Gasteiger partial charge on any atom is 0.0874 e. The summed E-state index contributed by atoms with van der Waals surface area (Å²) in [6, 6.07) is 1.97. The van der Waals surface area contributed by atoms with E-state index < -0.39 is 0 Å². The minimum atomic E-state index is 0.666. The quantitative estimate of drug-likeness (QED) is 0.886. The molecule has 0 radical (unpaired) electrons. The lowest BCUT2D eigenvalue weighted by Crippen LogP contribution is -2.09. The fourth-order valence-electron chi connectivity index (χ4n) is 1.52. The number of rotatable bonds is 3. The van der Waals surface area contributed by atoms with E-state index in [9.17, 15) is 0 Å². The highest BCUT2D eigenvalue weighted by Crippen LogP contribution is 2.18. The number of pyridine rings is 1. The third kappa shape index (κ3) is 2.08. The molecule has 0 unspecified atom stereocenters. The Hall–Kier alpha value is -1.39. The van der Waals surface area contributed by atoms with Gasteiger partial charge in [-0.25, -0.2) is 4.68 Å². The van der Waals surface area contributed by atoms with E-state index in [2.05, 4.69) is 15.4 Å². The van der Waals surface area contributed by atoms with E-state index in [1.165, 1.54) is 0 Å². The summed E-state index contributed by atoms with van der Waals surface area (Å²) in [6.45, 7) is 2.65. The number of nitrogens with one attached hydrogen (secondary N) is 1. The Bertz CT molecular complexity index is 473. The Morgan fingerprint density at radius 3 is 2.94 bits per heavy atom. The second kappa shape index (κ2) is 4.63. The van der Waals surface area contributed by atoms with Crippen LogP contribution in [0.4, 0.5) is 0 Å². The van der Waals surface area contributed by atoms with Crippen LogP contribution in [0.25, 0.3) is 5.69 Å². The molecule has 0 atom stereocenters. The van der Waals surface area contributed by atoms with Gasteiger partial charge in [0.05, 0.1) is 22.6 Å². The van der Waals surface area contributed by atoms with E-state index in [1.807, 2.05) is 20.0 Å². The van der Waals surface area contributed by atoms with Crippen molar-refractivity contribution in [1.29, 1.82) is 0 Å². The minimum absolute atomic E-state index is 0.666. The first kappa shape index (κ1) is 11.1. The van der Waals surface area contributed by atoms with Crippen molar-refractivity contribution in [2.45, 2.75) is 13.5 Å². The van der Waals surface area contributed by atoms with Gasteiger partial charge in [0.1, 0.15) is 0 Å². The van der Waals surface area contributed by atoms with Crippen LogP contribution in [0, 0.1) is 6.92 Å². The number of hydrogen-bond donors (Lipinski definition) is 1. The molecule has 1 N–H and O–H groups in total. The van der Waals surface area contributed by atoms with Crippen LogP contribution in [0.15, 0.2) is 24.7 Å². The Labute approximate surface area is 99.3 Å². The molecule has 0 aromatic carbocycles. The second-order valence-corrected chi connectivity index (χ2v) is 3.95. The fraction of sp³-hybridized carbons (Fsp3) is 0.273. The first-order valence-corrected chi connectivity index (χ1v) is 5.40. The van der Waals surface area contributed by atoms with Crippen LogP contribution in [0.5, 0.6) is 0 Å². The number of halogens is 1. The SMILES string of the molecule is CNCc1ccncc1-n1cc(Cl)c(C)n1. The average Bonchev–Trinajstić information content (AvgIpc) is 2.60. The van der Waals surface area contributed by atoms with Crippen LogP contribution in [0.2, 0.25) is 5.02 Å². The van der Waals surface area contributed by atoms with E-state index >= 15 is 0 Å². The molecule has 16 heavy (non-hydrogen) atoms. The number of nitrogens with zero attached hydrogens (tertiary/aromatic N) is 3. The van der Waals surface area contributed by atoms with Crippen LogP contribution in [0.1, 0.15) is 11.3 Å². The van der Waals surface area contributed by atoms with Crippen molar-refractivity contribution in [3.8, 4) is 5.69 Å². The van der Waals surface area contributed by atoms with Crippen molar-refractivity contribution in [1.82, 2.24) is 20.1 Å². The van der Waals surface area contributed by atoms with Crippen LogP contribution < -0.4 is 5.32 Å². The predicted octanol–water partition coefficient (Wildman–Crippen LogP) is 1.95. The van der Waals surface area contributed by atoms with E-state index in [4.69, 9.17) is 11.6 Å². The zero-order chi connectivity index (χ0) is 11.5. The van der Waals surface area contributed by atoms with E-state index in [1.54, 1.807) is 23.3 Å². The maximum atomic E-state index is 5.99. The zero-order valence-electron chi connectivity index (χ0n) is 9.24. The summed E-state index contributed by atoms with van der Waals surface area (Å²) in [4.78, 5) is 4.11. The van der Waals surface area contributed by atoms with Crippen LogP contribution in [-0.4, -0.2) is 21.8 Å². The van der Waals surface area contributed by atoms with Gasteiger partial charge >= 0.3 is 0 Å². The van der Waals surface area contributed by atoms with Crippen molar-refractivity contribution >= 4 is 11.6 Å². The van der Waals surface area contributed by atoms with Gasteiger partial charge in [0, 0.05) is 18.9 Å². The third-order valence-electron chi connectivity index (χ3n) is 2.34. The molecule has 0 aliphatic carbocycles. The lowest BCUT2D eigenvalue weighted by Gasteiger charge is -2.07. The summed E-state index contributed by atoms with van der Waals surface area (Å²) in [5, 5.41) is 8.12. The van der Waals surface area contributed by atoms with Gasteiger partial charge in [-0.3, -0.25) is 4.98 Å². The zero-order valence-corrected chi connectivity index (χ0v) is 9.99. The third-order valence-corrected chi connectivity index (χ3v) is 2.71. The van der Waals surface area contributed by atoms with Gasteiger partial charge in [-0.1, -0.05) is 11.6 Å². The summed E-state index contributed by atoms with van der Waals surface area (Å²) in [5.41, 5.74) is 2.91. The maximum absolute atomic E-state index is 5.99. The topological polar surface area (TPSA) is 42.7 Å². The van der Waals surface area contributed by atoms with Crippen molar-refractivity contribution < 1.29 is 0 Å². The molecule has 0 bridgehead atoms. The van der Waals surface area contributed by atoms with Gasteiger partial charge in [-0.2, -0.15) is 5.10 Å². The number of hydrogen-bond acceptors (Lipinski definition) is 3. The second-order valence-electron chi connectivity index (χ2n) is 3.54. The molecule has 2 heterocycles. The number of aromatic nitrogens is 3. The lowest BCUT2D eigenvalue weighted by atomic mass is 10.2. The fourth-order valence-corrected chi connectivity index (χ4v) is 1.65. The van der Waals surface area contributed by atoms with Gasteiger partial charge in [0.25, 0.3) is 0 Å². The number of aryl methyl sites for hydroxylation is 1. The van der Waals surface area contributed by atoms with Crippen molar-refractivity contribution in [2.24, 2.45) is 0 Å². The Morgan fingerprint density at radius 2 is 2.31 bits per heavy atom. The summed E-state index contributed by atoms with van der Waals surface area (Å²) in [5.74, 6) is 0. The molecule has 4 nitrogen and oxygen atoms in total. The van der Waals surface area contributed by atoms with Gasteiger partial charge in [0.15, 0.2) is 0 Å². The highest BCUT2D eigenvalue weighted by molar-refractivity contribution is 6.31. The molecule has 5 heteroatoms. The summed E-state index contributed by atoms with van der Waals surface area (Å²) in [7, 11) is 1.91. The monoisotopic (exact) mass is 236 g/mol. The minimum Gasteiger partial charge on any atom is -0.316 e. The molecule has 0 aliphatic heterocycles. The van der Waals surface area contributed by atoms with Crippen LogP contribution in [-0.2, 0) is 6.54 Å². The average molecular weight is 237 g/mol. The van der Waals surface area contributed by atoms with Crippen LogP contribution >= 0.6 is 11.6 Å². The molecular formula is C11H13ClN4. The first-order valence-electron chi connectivity index (χ1n) is 5.02. The van der Waals surface area contributed by atoms with Gasteiger partial charge in [-0.05, 0) is 25.6 Å². The Morgan fingerprint density at radius 1 is 1.50 bits per heavy atom. The molecule has 0 fully saturated rings. The first-order chi connectivity index (χ1) is 7.72. The van der Waals surface area contributed by atoms with E-state index in [-0.39, 0.29) is 0 Å². The van der Waals surface area contributed by atoms with Crippen molar-refractivity contribution in [3.63, 3.8) is 0 Å². The molecule has 0 amide bonds. The standard InChI is InChI=1S/C11H13ClN4/c1-8-10(12)7-16(15-8)11-6-14-4-3-9(11)5-13-2/h3-4,6-7,13H,5H2,1-2H3. The molecule has 0 saturated carbocycles. The van der Waals surface area contributed by atoms with Gasteiger partial charge < -0.3 is 5.32 Å². The van der Waals surface area contributed by atoms with E-state index in [0.29, 0.717) is 5.02 Å². The summed E-state index contributed by atoms with van der Waals surface area (Å²) in [6.07, 6.45) is 5.36. The normalized spacial score (nSPS) is 10.7.